The molecule has 0 aromatic carbocycles. The van der Waals surface area contributed by atoms with Crippen molar-refractivity contribution in [1.29, 1.82) is 0 Å². The van der Waals surface area contributed by atoms with Gasteiger partial charge in [0.1, 0.15) is 6.10 Å². The number of nitrogens with one attached hydrogen (secondary N) is 1. The maximum absolute atomic E-state index is 11.6. The first-order valence-electron chi connectivity index (χ1n) is 3.24. The van der Waals surface area contributed by atoms with E-state index >= 15 is 0 Å². The third kappa shape index (κ3) is 4.63. The third-order valence-corrected chi connectivity index (χ3v) is 1.06. The summed E-state index contributed by atoms with van der Waals surface area (Å²) in [5.74, 6) is 1.49. The van der Waals surface area contributed by atoms with Gasteiger partial charge in [0.25, 0.3) is 6.43 Å². The SMILES string of the molecule is C#CCC(=O)NCC(O)C(F)F. The zero-order valence-electron chi connectivity index (χ0n) is 6.26. The molecule has 0 saturated carbocycles. The quantitative estimate of drug-likeness (QED) is 0.582. The van der Waals surface area contributed by atoms with Crippen LogP contribution in [0.2, 0.25) is 0 Å². The maximum Gasteiger partial charge on any atom is 0.265 e. The van der Waals surface area contributed by atoms with Gasteiger partial charge < -0.3 is 10.4 Å². The molecule has 68 valence electrons. The molecule has 1 atom stereocenters. The summed E-state index contributed by atoms with van der Waals surface area (Å²) in [6.45, 7) is -0.474. The van der Waals surface area contributed by atoms with Crippen molar-refractivity contribution in [3.63, 3.8) is 0 Å². The van der Waals surface area contributed by atoms with Gasteiger partial charge in [0.2, 0.25) is 5.91 Å². The van der Waals surface area contributed by atoms with E-state index in [0.29, 0.717) is 0 Å². The summed E-state index contributed by atoms with van der Waals surface area (Å²) < 4.78 is 23.2. The summed E-state index contributed by atoms with van der Waals surface area (Å²) in [6.07, 6.45) is -0.0745. The van der Waals surface area contributed by atoms with Gasteiger partial charge in [-0.05, 0) is 0 Å². The van der Waals surface area contributed by atoms with Crippen molar-refractivity contribution in [3.8, 4) is 12.3 Å². The average molecular weight is 177 g/mol. The number of hydrogen-bond acceptors (Lipinski definition) is 2. The second-order valence-electron chi connectivity index (χ2n) is 2.09. The van der Waals surface area contributed by atoms with Crippen molar-refractivity contribution in [2.75, 3.05) is 6.54 Å². The summed E-state index contributed by atoms with van der Waals surface area (Å²) in [6, 6.07) is 0. The molecule has 0 aliphatic carbocycles. The van der Waals surface area contributed by atoms with Gasteiger partial charge in [0.05, 0.1) is 6.42 Å². The Morgan fingerprint density at radius 3 is 2.67 bits per heavy atom. The summed E-state index contributed by atoms with van der Waals surface area (Å²) in [5, 5.41) is 10.6. The molecule has 0 aromatic rings. The van der Waals surface area contributed by atoms with E-state index in [-0.39, 0.29) is 6.42 Å². The normalized spacial score (nSPS) is 12.2. The van der Waals surface area contributed by atoms with E-state index in [2.05, 4.69) is 5.32 Å². The zero-order valence-corrected chi connectivity index (χ0v) is 6.26. The first-order valence-corrected chi connectivity index (χ1v) is 3.24. The summed E-state index contributed by atoms with van der Waals surface area (Å²) in [4.78, 5) is 10.6. The minimum absolute atomic E-state index is 0.171. The Kier molecular flexibility index (Phi) is 4.97. The molecule has 0 aromatic heterocycles. The van der Waals surface area contributed by atoms with E-state index in [0.717, 1.165) is 0 Å². The zero-order chi connectivity index (χ0) is 9.56. The molecule has 0 bridgehead atoms. The van der Waals surface area contributed by atoms with Gasteiger partial charge in [-0.2, -0.15) is 0 Å². The standard InChI is InChI=1S/C7H9F2NO2/c1-2-3-6(12)10-4-5(11)7(8)9/h1,5,7,11H,3-4H2,(H,10,12). The van der Waals surface area contributed by atoms with E-state index < -0.39 is 25.0 Å². The molecule has 0 heterocycles. The van der Waals surface area contributed by atoms with E-state index in [1.54, 1.807) is 0 Å². The van der Waals surface area contributed by atoms with Crippen LogP contribution in [0.1, 0.15) is 6.42 Å². The number of aliphatic hydroxyl groups is 1. The number of alkyl halides is 2. The molecule has 2 N–H and O–H groups in total. The molecule has 1 amide bonds. The molecule has 0 saturated heterocycles. The van der Waals surface area contributed by atoms with Crippen LogP contribution >= 0.6 is 0 Å². The lowest BCUT2D eigenvalue weighted by atomic mass is 10.3. The summed E-state index contributed by atoms with van der Waals surface area (Å²) in [7, 11) is 0. The Bertz CT molecular complexity index is 188. The highest BCUT2D eigenvalue weighted by Crippen LogP contribution is 1.98. The predicted octanol–water partition coefficient (Wildman–Crippen LogP) is -0.248. The monoisotopic (exact) mass is 177 g/mol. The number of halogens is 2. The van der Waals surface area contributed by atoms with Crippen LogP contribution < -0.4 is 5.32 Å². The number of carbonyl (C=O) groups is 1. The molecule has 0 rings (SSSR count). The average Bonchev–Trinajstić information content (AvgIpc) is 2.00. The maximum atomic E-state index is 11.6. The summed E-state index contributed by atoms with van der Waals surface area (Å²) >= 11 is 0. The third-order valence-electron chi connectivity index (χ3n) is 1.06. The van der Waals surface area contributed by atoms with Crippen LogP contribution in [-0.4, -0.2) is 30.1 Å². The molecule has 0 spiro atoms. The van der Waals surface area contributed by atoms with Crippen LogP contribution in [0.3, 0.4) is 0 Å². The topological polar surface area (TPSA) is 49.3 Å². The second kappa shape index (κ2) is 5.49. The minimum Gasteiger partial charge on any atom is -0.385 e. The number of aliphatic hydroxyl groups excluding tert-OH is 1. The molecule has 3 nitrogen and oxygen atoms in total. The van der Waals surface area contributed by atoms with Crippen molar-refractivity contribution in [2.45, 2.75) is 19.0 Å². The highest BCUT2D eigenvalue weighted by Gasteiger charge is 2.16. The highest BCUT2D eigenvalue weighted by atomic mass is 19.3. The summed E-state index contributed by atoms with van der Waals surface area (Å²) in [5.41, 5.74) is 0. The number of terminal acetylenes is 1. The van der Waals surface area contributed by atoms with Crippen LogP contribution in [-0.2, 0) is 4.79 Å². The van der Waals surface area contributed by atoms with Crippen LogP contribution in [0.5, 0.6) is 0 Å². The van der Waals surface area contributed by atoms with Crippen molar-refractivity contribution in [1.82, 2.24) is 5.32 Å². The first kappa shape index (κ1) is 10.8. The van der Waals surface area contributed by atoms with Crippen LogP contribution in [0.25, 0.3) is 0 Å². The lowest BCUT2D eigenvalue weighted by Gasteiger charge is -2.09. The van der Waals surface area contributed by atoms with E-state index in [4.69, 9.17) is 11.5 Å². The van der Waals surface area contributed by atoms with E-state index in [9.17, 15) is 13.6 Å². The van der Waals surface area contributed by atoms with E-state index in [1.807, 2.05) is 5.92 Å². The van der Waals surface area contributed by atoms with Gasteiger partial charge in [-0.25, -0.2) is 8.78 Å². The Balaban J connectivity index is 3.55. The fraction of sp³-hybridized carbons (Fsp3) is 0.571. The highest BCUT2D eigenvalue weighted by molar-refractivity contribution is 5.78. The Labute approximate surface area is 68.8 Å². The van der Waals surface area contributed by atoms with E-state index in [1.165, 1.54) is 0 Å². The lowest BCUT2D eigenvalue weighted by molar-refractivity contribution is -0.121. The number of hydrogen-bond donors (Lipinski definition) is 2. The van der Waals surface area contributed by atoms with Gasteiger partial charge in [0, 0.05) is 6.54 Å². The molecule has 0 fully saturated rings. The van der Waals surface area contributed by atoms with Gasteiger partial charge in [-0.3, -0.25) is 4.79 Å². The van der Waals surface area contributed by atoms with Crippen molar-refractivity contribution < 1.29 is 18.7 Å². The van der Waals surface area contributed by atoms with Crippen LogP contribution in [0, 0.1) is 12.3 Å². The van der Waals surface area contributed by atoms with Gasteiger partial charge in [-0.1, -0.05) is 5.92 Å². The number of amides is 1. The van der Waals surface area contributed by atoms with Crippen molar-refractivity contribution >= 4 is 5.91 Å². The molecule has 0 radical (unpaired) electrons. The molecular weight excluding hydrogens is 168 g/mol. The van der Waals surface area contributed by atoms with Crippen LogP contribution in [0.4, 0.5) is 8.78 Å². The smallest absolute Gasteiger partial charge is 0.265 e. The minimum atomic E-state index is -2.85. The predicted molar refractivity (Wildman–Crippen MR) is 38.5 cm³/mol. The molecule has 12 heavy (non-hydrogen) atoms. The van der Waals surface area contributed by atoms with Crippen molar-refractivity contribution in [2.24, 2.45) is 0 Å². The Morgan fingerprint density at radius 1 is 1.67 bits per heavy atom. The lowest BCUT2D eigenvalue weighted by Crippen LogP contribution is -2.35. The van der Waals surface area contributed by atoms with Gasteiger partial charge in [0.15, 0.2) is 0 Å². The molecule has 5 heteroatoms. The molecule has 1 unspecified atom stereocenters. The molecular formula is C7H9F2NO2. The fourth-order valence-electron chi connectivity index (χ4n) is 0.463. The Morgan fingerprint density at radius 2 is 2.25 bits per heavy atom. The first-order chi connectivity index (χ1) is 5.57. The fourth-order valence-corrected chi connectivity index (χ4v) is 0.463. The number of carbonyl (C=O) groups excluding carboxylic acids is 1. The van der Waals surface area contributed by atoms with Crippen LogP contribution in [0.15, 0.2) is 0 Å². The van der Waals surface area contributed by atoms with Gasteiger partial charge >= 0.3 is 0 Å². The number of rotatable bonds is 4. The molecule has 0 aliphatic rings. The van der Waals surface area contributed by atoms with Crippen molar-refractivity contribution in [3.05, 3.63) is 0 Å². The second-order valence-corrected chi connectivity index (χ2v) is 2.09. The molecule has 0 aliphatic heterocycles. The largest absolute Gasteiger partial charge is 0.385 e. The Hall–Kier alpha value is -1.15. The van der Waals surface area contributed by atoms with Gasteiger partial charge in [-0.15, -0.1) is 6.42 Å².